The number of nitrogens with one attached hydrogen (secondary N) is 2. The molecule has 1 saturated carbocycles. The lowest BCUT2D eigenvalue weighted by molar-refractivity contribution is 0.0888. The van der Waals surface area contributed by atoms with Crippen molar-refractivity contribution in [2.24, 2.45) is 0 Å². The van der Waals surface area contributed by atoms with E-state index in [1.54, 1.807) is 24.3 Å². The normalized spacial score (nSPS) is 26.5. The van der Waals surface area contributed by atoms with Crippen molar-refractivity contribution in [3.63, 3.8) is 0 Å². The lowest BCUT2D eigenvalue weighted by Gasteiger charge is -2.33. The average Bonchev–Trinajstić information content (AvgIpc) is 3.18. The maximum absolute atomic E-state index is 12.7. The van der Waals surface area contributed by atoms with Crippen molar-refractivity contribution in [3.05, 3.63) is 52.5 Å². The number of hydrogen-bond donors (Lipinski definition) is 2. The summed E-state index contributed by atoms with van der Waals surface area (Å²) in [7, 11) is 0. The standard InChI is InChI=1S/C24H27ClN6O2/c1-26-21-9-8-19(12-20(21)25)33-18-6-4-15(5-7-18)28-24(32)22-10-11-23(30-29-22)31-13-16-2-3-17(14-31)27-16/h8-12,15-18,27H,2-7,13-14H2,(H,28,32)/t15?,16-,17+,18?. The van der Waals surface area contributed by atoms with Gasteiger partial charge in [-0.15, -0.1) is 10.2 Å². The van der Waals surface area contributed by atoms with E-state index in [0.717, 1.165) is 44.6 Å². The highest BCUT2D eigenvalue weighted by Crippen LogP contribution is 2.31. The highest BCUT2D eigenvalue weighted by atomic mass is 35.5. The number of anilines is 1. The molecule has 0 unspecified atom stereocenters. The summed E-state index contributed by atoms with van der Waals surface area (Å²) in [6.45, 7) is 8.96. The van der Waals surface area contributed by atoms with Crippen LogP contribution in [0.4, 0.5) is 11.5 Å². The quantitative estimate of drug-likeness (QED) is 0.653. The SMILES string of the molecule is [C-]#[N+]c1ccc(OC2CCC(NC(=O)c3ccc(N4C[C@H]5CC[C@@H](C4)N5)nn3)CC2)cc1Cl. The molecule has 1 aliphatic carbocycles. The Morgan fingerprint density at radius 3 is 2.48 bits per heavy atom. The van der Waals surface area contributed by atoms with E-state index in [4.69, 9.17) is 22.9 Å². The van der Waals surface area contributed by atoms with Crippen molar-refractivity contribution in [2.45, 2.75) is 62.8 Å². The third-order valence-corrected chi connectivity index (χ3v) is 7.08. The molecule has 0 radical (unpaired) electrons. The number of aromatic nitrogens is 2. The summed E-state index contributed by atoms with van der Waals surface area (Å²) >= 11 is 6.10. The Kier molecular flexibility index (Phi) is 6.34. The Hall–Kier alpha value is -2.89. The molecule has 1 aromatic heterocycles. The highest BCUT2D eigenvalue weighted by molar-refractivity contribution is 6.33. The van der Waals surface area contributed by atoms with Crippen molar-refractivity contribution < 1.29 is 9.53 Å². The zero-order valence-corrected chi connectivity index (χ0v) is 19.1. The number of piperazine rings is 1. The maximum Gasteiger partial charge on any atom is 0.272 e. The van der Waals surface area contributed by atoms with Gasteiger partial charge in [-0.2, -0.15) is 0 Å². The molecule has 5 rings (SSSR count). The molecule has 1 aromatic carbocycles. The summed E-state index contributed by atoms with van der Waals surface area (Å²) in [5.41, 5.74) is 0.774. The molecule has 2 bridgehead atoms. The minimum Gasteiger partial charge on any atom is -0.490 e. The molecular weight excluding hydrogens is 440 g/mol. The van der Waals surface area contributed by atoms with Crippen LogP contribution in [0.15, 0.2) is 30.3 Å². The first-order valence-corrected chi connectivity index (χ1v) is 11.9. The van der Waals surface area contributed by atoms with Gasteiger partial charge in [0.05, 0.1) is 17.7 Å². The maximum atomic E-state index is 12.7. The topological polar surface area (TPSA) is 83.7 Å². The third-order valence-electron chi connectivity index (χ3n) is 6.78. The lowest BCUT2D eigenvalue weighted by atomic mass is 9.93. The molecule has 33 heavy (non-hydrogen) atoms. The molecule has 2 N–H and O–H groups in total. The minimum atomic E-state index is -0.180. The molecule has 3 aliphatic rings. The van der Waals surface area contributed by atoms with Gasteiger partial charge in [0.1, 0.15) is 5.75 Å². The molecule has 172 valence electrons. The van der Waals surface area contributed by atoms with Crippen LogP contribution in [0, 0.1) is 6.57 Å². The van der Waals surface area contributed by atoms with Gasteiger partial charge in [0.2, 0.25) is 5.69 Å². The van der Waals surface area contributed by atoms with Gasteiger partial charge in [0, 0.05) is 31.2 Å². The molecule has 8 nitrogen and oxygen atoms in total. The van der Waals surface area contributed by atoms with Crippen molar-refractivity contribution >= 4 is 29.0 Å². The summed E-state index contributed by atoms with van der Waals surface area (Å²) in [5, 5.41) is 15.6. The van der Waals surface area contributed by atoms with Gasteiger partial charge in [0.15, 0.2) is 11.5 Å². The van der Waals surface area contributed by atoms with Crippen LogP contribution in [-0.2, 0) is 0 Å². The van der Waals surface area contributed by atoms with E-state index in [1.165, 1.54) is 12.8 Å². The van der Waals surface area contributed by atoms with E-state index in [1.807, 2.05) is 6.07 Å². The fraction of sp³-hybridized carbons (Fsp3) is 0.500. The van der Waals surface area contributed by atoms with Crippen molar-refractivity contribution in [1.82, 2.24) is 20.8 Å². The summed E-state index contributed by atoms with van der Waals surface area (Å²) in [6, 6.07) is 9.97. The Morgan fingerprint density at radius 1 is 1.09 bits per heavy atom. The van der Waals surface area contributed by atoms with Crippen LogP contribution < -0.4 is 20.3 Å². The zero-order chi connectivity index (χ0) is 22.8. The molecule has 3 fully saturated rings. The molecule has 2 aromatic rings. The number of rotatable bonds is 5. The van der Waals surface area contributed by atoms with Crippen LogP contribution in [0.3, 0.4) is 0 Å². The second-order valence-corrected chi connectivity index (χ2v) is 9.52. The summed E-state index contributed by atoms with van der Waals surface area (Å²) in [5.74, 6) is 1.33. The van der Waals surface area contributed by atoms with Gasteiger partial charge in [-0.05, 0) is 62.8 Å². The molecule has 2 aliphatic heterocycles. The van der Waals surface area contributed by atoms with Crippen LogP contribution in [0.2, 0.25) is 5.02 Å². The Morgan fingerprint density at radius 2 is 1.85 bits per heavy atom. The summed E-state index contributed by atoms with van der Waals surface area (Å²) in [4.78, 5) is 18.3. The Labute approximate surface area is 198 Å². The van der Waals surface area contributed by atoms with E-state index in [-0.39, 0.29) is 18.1 Å². The van der Waals surface area contributed by atoms with Gasteiger partial charge in [0.25, 0.3) is 5.91 Å². The average molecular weight is 467 g/mol. The second-order valence-electron chi connectivity index (χ2n) is 9.11. The third kappa shape index (κ3) is 5.05. The fourth-order valence-corrected chi connectivity index (χ4v) is 5.24. The first-order valence-electron chi connectivity index (χ1n) is 11.6. The summed E-state index contributed by atoms with van der Waals surface area (Å²) < 4.78 is 6.03. The molecule has 3 heterocycles. The smallest absolute Gasteiger partial charge is 0.272 e. The predicted molar refractivity (Wildman–Crippen MR) is 126 cm³/mol. The first-order chi connectivity index (χ1) is 16.1. The first kappa shape index (κ1) is 21.9. The molecule has 0 spiro atoms. The number of hydrogen-bond acceptors (Lipinski definition) is 6. The largest absolute Gasteiger partial charge is 0.490 e. The van der Waals surface area contributed by atoms with Crippen LogP contribution in [0.5, 0.6) is 5.75 Å². The summed E-state index contributed by atoms with van der Waals surface area (Å²) in [6.07, 6.45) is 5.83. The fourth-order valence-electron chi connectivity index (χ4n) is 5.03. The van der Waals surface area contributed by atoms with Crippen molar-refractivity contribution in [2.75, 3.05) is 18.0 Å². The number of benzene rings is 1. The monoisotopic (exact) mass is 466 g/mol. The van der Waals surface area contributed by atoms with Crippen molar-refractivity contribution in [1.29, 1.82) is 0 Å². The number of ether oxygens (including phenoxy) is 1. The zero-order valence-electron chi connectivity index (χ0n) is 18.3. The Bertz CT molecular complexity index is 1040. The van der Waals surface area contributed by atoms with Crippen molar-refractivity contribution in [3.8, 4) is 5.75 Å². The number of fused-ring (bicyclic) bond motifs is 2. The number of nitrogens with zero attached hydrogens (tertiary/aromatic N) is 4. The van der Waals surface area contributed by atoms with E-state index in [9.17, 15) is 4.79 Å². The van der Waals surface area contributed by atoms with Crippen LogP contribution in [0.1, 0.15) is 49.0 Å². The molecule has 2 atom stereocenters. The molecular formula is C24H27ClN6O2. The second kappa shape index (κ2) is 9.54. The van der Waals surface area contributed by atoms with Crippen LogP contribution in [-0.4, -0.2) is 53.4 Å². The minimum absolute atomic E-state index is 0.0708. The van der Waals surface area contributed by atoms with Gasteiger partial charge in [-0.25, -0.2) is 4.85 Å². The van der Waals surface area contributed by atoms with Gasteiger partial charge >= 0.3 is 0 Å². The molecule has 1 amide bonds. The number of carbonyl (C=O) groups excluding carboxylic acids is 1. The van der Waals surface area contributed by atoms with E-state index in [0.29, 0.717) is 34.2 Å². The molecule has 2 saturated heterocycles. The van der Waals surface area contributed by atoms with Gasteiger partial charge in [-0.1, -0.05) is 17.7 Å². The van der Waals surface area contributed by atoms with E-state index < -0.39 is 0 Å². The molecule has 9 heteroatoms. The van der Waals surface area contributed by atoms with Crippen LogP contribution >= 0.6 is 11.6 Å². The number of carbonyl (C=O) groups is 1. The van der Waals surface area contributed by atoms with E-state index >= 15 is 0 Å². The number of amides is 1. The Balaban J connectivity index is 1.10. The predicted octanol–water partition coefficient (Wildman–Crippen LogP) is 3.74. The number of halogens is 1. The van der Waals surface area contributed by atoms with Crippen LogP contribution in [0.25, 0.3) is 4.85 Å². The van der Waals surface area contributed by atoms with Gasteiger partial charge < -0.3 is 20.3 Å². The van der Waals surface area contributed by atoms with Gasteiger partial charge in [-0.3, -0.25) is 4.79 Å². The van der Waals surface area contributed by atoms with E-state index in [2.05, 4.69) is 30.6 Å². The highest BCUT2D eigenvalue weighted by Gasteiger charge is 2.33. The lowest BCUT2D eigenvalue weighted by Crippen LogP contribution is -2.51.